The van der Waals surface area contributed by atoms with E-state index in [1.54, 1.807) is 10.9 Å². The fourth-order valence-electron chi connectivity index (χ4n) is 2.85. The molecule has 0 saturated carbocycles. The van der Waals surface area contributed by atoms with Crippen LogP contribution in [0.3, 0.4) is 0 Å². The summed E-state index contributed by atoms with van der Waals surface area (Å²) in [5.41, 5.74) is 3.75. The SMILES string of the molecule is Cc1ccc(-n2cnc3c(sc4[nH+]ccc(N(C)C)c43)c2=O)cc1. The number of nitrogens with one attached hydrogen (secondary N) is 1. The van der Waals surface area contributed by atoms with Gasteiger partial charge in [0, 0.05) is 20.2 Å². The van der Waals surface area contributed by atoms with Gasteiger partial charge in [-0.2, -0.15) is 0 Å². The van der Waals surface area contributed by atoms with Crippen molar-refractivity contribution >= 4 is 37.5 Å². The minimum absolute atomic E-state index is 0.0387. The molecule has 0 unspecified atom stereocenters. The highest BCUT2D eigenvalue weighted by molar-refractivity contribution is 7.25. The van der Waals surface area contributed by atoms with E-state index in [0.717, 1.165) is 32.7 Å². The van der Waals surface area contributed by atoms with Crippen LogP contribution in [0.5, 0.6) is 0 Å². The molecule has 6 heteroatoms. The Bertz CT molecular complexity index is 1110. The highest BCUT2D eigenvalue weighted by Crippen LogP contribution is 2.33. The molecule has 0 amide bonds. The second-order valence-electron chi connectivity index (χ2n) is 6.00. The van der Waals surface area contributed by atoms with Crippen LogP contribution >= 0.6 is 11.3 Å². The van der Waals surface area contributed by atoms with Crippen LogP contribution in [0.2, 0.25) is 0 Å². The van der Waals surface area contributed by atoms with Crippen LogP contribution in [0.4, 0.5) is 5.69 Å². The maximum Gasteiger partial charge on any atom is 0.276 e. The summed E-state index contributed by atoms with van der Waals surface area (Å²) in [5.74, 6) is 0. The predicted molar refractivity (Wildman–Crippen MR) is 98.3 cm³/mol. The molecule has 4 aromatic rings. The van der Waals surface area contributed by atoms with Crippen molar-refractivity contribution < 1.29 is 4.98 Å². The first-order valence-corrected chi connectivity index (χ1v) is 8.47. The van der Waals surface area contributed by atoms with E-state index in [0.29, 0.717) is 4.70 Å². The number of pyridine rings is 1. The molecule has 24 heavy (non-hydrogen) atoms. The molecule has 0 saturated heterocycles. The van der Waals surface area contributed by atoms with Crippen molar-refractivity contribution in [1.29, 1.82) is 0 Å². The zero-order valence-electron chi connectivity index (χ0n) is 13.7. The van der Waals surface area contributed by atoms with Crippen molar-refractivity contribution in [2.45, 2.75) is 6.92 Å². The fraction of sp³-hybridized carbons (Fsp3) is 0.167. The summed E-state index contributed by atoms with van der Waals surface area (Å²) in [7, 11) is 3.98. The largest absolute Gasteiger partial charge is 0.377 e. The number of aromatic nitrogens is 3. The summed E-state index contributed by atoms with van der Waals surface area (Å²) in [4.78, 5) is 23.8. The number of anilines is 1. The Morgan fingerprint density at radius 1 is 1.17 bits per heavy atom. The zero-order chi connectivity index (χ0) is 16.8. The summed E-state index contributed by atoms with van der Waals surface area (Å²) >= 11 is 1.45. The Labute approximate surface area is 142 Å². The highest BCUT2D eigenvalue weighted by atomic mass is 32.1. The molecular weight excluding hydrogens is 320 g/mol. The van der Waals surface area contributed by atoms with Gasteiger partial charge in [-0.15, -0.1) is 0 Å². The molecule has 120 valence electrons. The van der Waals surface area contributed by atoms with E-state index in [1.807, 2.05) is 62.4 Å². The molecule has 1 aromatic carbocycles. The molecular formula is C18H17N4OS+. The van der Waals surface area contributed by atoms with Crippen LogP contribution in [0.15, 0.2) is 47.7 Å². The maximum atomic E-state index is 13.0. The summed E-state index contributed by atoms with van der Waals surface area (Å²) in [6.07, 6.45) is 3.51. The third-order valence-corrected chi connectivity index (χ3v) is 5.20. The molecule has 0 fully saturated rings. The minimum Gasteiger partial charge on any atom is -0.377 e. The Morgan fingerprint density at radius 3 is 2.62 bits per heavy atom. The quantitative estimate of drug-likeness (QED) is 0.565. The van der Waals surface area contributed by atoms with Crippen LogP contribution in [0.1, 0.15) is 5.56 Å². The average Bonchev–Trinajstić information content (AvgIpc) is 2.96. The maximum absolute atomic E-state index is 13.0. The van der Waals surface area contributed by atoms with E-state index in [9.17, 15) is 4.79 Å². The van der Waals surface area contributed by atoms with E-state index in [1.165, 1.54) is 11.3 Å². The van der Waals surface area contributed by atoms with Gasteiger partial charge < -0.3 is 4.90 Å². The number of aromatic amines is 1. The second kappa shape index (κ2) is 5.42. The number of aryl methyl sites for hydroxylation is 1. The van der Waals surface area contributed by atoms with Crippen molar-refractivity contribution in [3.8, 4) is 5.69 Å². The summed E-state index contributed by atoms with van der Waals surface area (Å²) in [5, 5.41) is 0.996. The lowest BCUT2D eigenvalue weighted by Crippen LogP contribution is -2.17. The summed E-state index contributed by atoms with van der Waals surface area (Å²) in [6, 6.07) is 9.87. The number of thiophene rings is 1. The van der Waals surface area contributed by atoms with Crippen molar-refractivity contribution in [2.75, 3.05) is 19.0 Å². The van der Waals surface area contributed by atoms with Gasteiger partial charge >= 0.3 is 0 Å². The van der Waals surface area contributed by atoms with Crippen LogP contribution in [0.25, 0.3) is 26.1 Å². The van der Waals surface area contributed by atoms with E-state index < -0.39 is 0 Å². The third kappa shape index (κ3) is 2.18. The van der Waals surface area contributed by atoms with E-state index in [2.05, 4.69) is 9.97 Å². The Morgan fingerprint density at radius 2 is 1.92 bits per heavy atom. The van der Waals surface area contributed by atoms with E-state index >= 15 is 0 Å². The topological polar surface area (TPSA) is 52.3 Å². The lowest BCUT2D eigenvalue weighted by molar-refractivity contribution is -0.341. The average molecular weight is 337 g/mol. The van der Waals surface area contributed by atoms with Crippen molar-refractivity contribution in [3.63, 3.8) is 0 Å². The number of benzene rings is 1. The molecule has 0 atom stereocenters. The van der Waals surface area contributed by atoms with Crippen LogP contribution in [0, 0.1) is 6.92 Å². The van der Waals surface area contributed by atoms with Gasteiger partial charge in [-0.1, -0.05) is 29.0 Å². The molecule has 0 spiro atoms. The van der Waals surface area contributed by atoms with Gasteiger partial charge in [0.1, 0.15) is 21.9 Å². The molecule has 4 rings (SSSR count). The Kier molecular flexibility index (Phi) is 3.35. The van der Waals surface area contributed by atoms with Crippen molar-refractivity contribution in [2.24, 2.45) is 0 Å². The molecule has 0 bridgehead atoms. The molecule has 5 nitrogen and oxygen atoms in total. The molecule has 0 aliphatic carbocycles. The van der Waals surface area contributed by atoms with Gasteiger partial charge in [0.2, 0.25) is 0 Å². The van der Waals surface area contributed by atoms with Gasteiger partial charge in [0.05, 0.1) is 11.4 Å². The first-order chi connectivity index (χ1) is 11.6. The van der Waals surface area contributed by atoms with Gasteiger partial charge in [0.15, 0.2) is 6.20 Å². The summed E-state index contributed by atoms with van der Waals surface area (Å²) in [6.45, 7) is 2.03. The van der Waals surface area contributed by atoms with Gasteiger partial charge in [-0.3, -0.25) is 9.36 Å². The lowest BCUT2D eigenvalue weighted by Gasteiger charge is -2.11. The number of rotatable bonds is 2. The molecule has 3 aromatic heterocycles. The van der Waals surface area contributed by atoms with Crippen LogP contribution in [-0.2, 0) is 0 Å². The number of fused-ring (bicyclic) bond motifs is 3. The first-order valence-electron chi connectivity index (χ1n) is 7.65. The van der Waals surface area contributed by atoms with Crippen LogP contribution < -0.4 is 15.4 Å². The zero-order valence-corrected chi connectivity index (χ0v) is 14.5. The number of hydrogen-bond acceptors (Lipinski definition) is 4. The predicted octanol–water partition coefficient (Wildman–Crippen LogP) is 2.79. The number of nitrogens with zero attached hydrogens (tertiary/aromatic N) is 3. The second-order valence-corrected chi connectivity index (χ2v) is 7.02. The Hall–Kier alpha value is -2.73. The first kappa shape index (κ1) is 14.8. The van der Waals surface area contributed by atoms with Crippen LogP contribution in [-0.4, -0.2) is 23.6 Å². The Balaban J connectivity index is 2.04. The number of H-pyrrole nitrogens is 1. The monoisotopic (exact) mass is 337 g/mol. The third-order valence-electron chi connectivity index (χ3n) is 4.10. The minimum atomic E-state index is -0.0387. The van der Waals surface area contributed by atoms with Crippen molar-refractivity contribution in [3.05, 3.63) is 58.8 Å². The smallest absolute Gasteiger partial charge is 0.276 e. The molecule has 0 aliphatic rings. The molecule has 3 heterocycles. The number of hydrogen-bond donors (Lipinski definition) is 0. The normalized spacial score (nSPS) is 11.3. The van der Waals surface area contributed by atoms with E-state index in [-0.39, 0.29) is 5.56 Å². The standard InChI is InChI=1S/C18H16N4OS/c1-11-4-6-12(7-5-11)22-10-20-15-14-13(21(2)3)8-9-19-17(14)24-16(15)18(22)23/h4-10H,1-3H3/p+1. The van der Waals surface area contributed by atoms with Gasteiger partial charge in [-0.05, 0) is 19.1 Å². The fourth-order valence-corrected chi connectivity index (χ4v) is 3.92. The lowest BCUT2D eigenvalue weighted by atomic mass is 10.2. The van der Waals surface area contributed by atoms with E-state index in [4.69, 9.17) is 0 Å². The molecule has 1 N–H and O–H groups in total. The molecule has 0 aliphatic heterocycles. The highest BCUT2D eigenvalue weighted by Gasteiger charge is 2.19. The van der Waals surface area contributed by atoms with Crippen molar-refractivity contribution in [1.82, 2.24) is 9.55 Å². The van der Waals surface area contributed by atoms with Gasteiger partial charge in [0.25, 0.3) is 10.4 Å². The van der Waals surface area contributed by atoms with Gasteiger partial charge in [-0.25, -0.2) is 9.97 Å². The summed E-state index contributed by atoms with van der Waals surface area (Å²) < 4.78 is 2.27. The molecule has 0 radical (unpaired) electrons.